The molecule has 1 atom stereocenters. The van der Waals surface area contributed by atoms with Crippen molar-refractivity contribution >= 4 is 17.3 Å². The predicted molar refractivity (Wildman–Crippen MR) is 133 cm³/mol. The van der Waals surface area contributed by atoms with Crippen LogP contribution in [-0.4, -0.2) is 54.5 Å². The molecular weight excluding hydrogens is 438 g/mol. The quantitative estimate of drug-likeness (QED) is 0.567. The number of aromatic hydroxyl groups is 1. The summed E-state index contributed by atoms with van der Waals surface area (Å²) in [6.07, 6.45) is 0. The maximum atomic E-state index is 13.6. The minimum Gasteiger partial charge on any atom is -0.507 e. The van der Waals surface area contributed by atoms with Crippen LogP contribution in [0.25, 0.3) is 0 Å². The number of benzene rings is 2. The van der Waals surface area contributed by atoms with Crippen molar-refractivity contribution in [2.75, 3.05) is 44.8 Å². The molecule has 0 spiro atoms. The second-order valence-corrected chi connectivity index (χ2v) is 8.79. The molecule has 0 unspecified atom stereocenters. The summed E-state index contributed by atoms with van der Waals surface area (Å²) in [5.74, 6) is 0.0154. The van der Waals surface area contributed by atoms with E-state index in [1.165, 1.54) is 5.69 Å². The Kier molecular flexibility index (Phi) is 7.38. The van der Waals surface area contributed by atoms with Gasteiger partial charge in [0, 0.05) is 56.2 Å². The second-order valence-electron chi connectivity index (χ2n) is 8.35. The van der Waals surface area contributed by atoms with Gasteiger partial charge in [-0.3, -0.25) is 9.69 Å². The smallest absolute Gasteiger partial charge is 0.259 e. The predicted octanol–water partition coefficient (Wildman–Crippen LogP) is 4.07. The first kappa shape index (κ1) is 23.4. The fourth-order valence-corrected chi connectivity index (χ4v) is 4.80. The van der Waals surface area contributed by atoms with Gasteiger partial charge in [-0.1, -0.05) is 41.9 Å². The molecule has 7 heteroatoms. The Labute approximate surface area is 199 Å². The minimum atomic E-state index is -0.400. The number of para-hydroxylation sites is 1. The number of halogens is 1. The summed E-state index contributed by atoms with van der Waals surface area (Å²) >= 11 is 6.33. The lowest BCUT2D eigenvalue weighted by Gasteiger charge is -2.40. The van der Waals surface area contributed by atoms with Crippen LogP contribution < -0.4 is 10.5 Å². The van der Waals surface area contributed by atoms with E-state index < -0.39 is 6.04 Å². The molecule has 3 aromatic rings. The molecule has 174 valence electrons. The highest BCUT2D eigenvalue weighted by Gasteiger charge is 2.31. The summed E-state index contributed by atoms with van der Waals surface area (Å²) in [7, 11) is 1.61. The molecule has 4 rings (SSSR count). The molecule has 2 aromatic carbocycles. The van der Waals surface area contributed by atoms with Crippen LogP contribution in [0, 0.1) is 6.92 Å². The zero-order valence-corrected chi connectivity index (χ0v) is 19.8. The Bertz CT molecular complexity index is 1140. The number of pyridine rings is 1. The first-order valence-electron chi connectivity index (χ1n) is 11.2. The Morgan fingerprint density at radius 1 is 1.03 bits per heavy atom. The van der Waals surface area contributed by atoms with E-state index in [4.69, 9.17) is 16.3 Å². The van der Waals surface area contributed by atoms with Crippen LogP contribution in [0.15, 0.2) is 65.5 Å². The average Bonchev–Trinajstić information content (AvgIpc) is 2.82. The summed E-state index contributed by atoms with van der Waals surface area (Å²) in [5, 5.41) is 11.6. The summed E-state index contributed by atoms with van der Waals surface area (Å²) in [5.41, 5.74) is 2.98. The summed E-state index contributed by atoms with van der Waals surface area (Å²) in [4.78, 5) is 18.2. The Morgan fingerprint density at radius 2 is 1.76 bits per heavy atom. The normalized spacial score (nSPS) is 15.5. The monoisotopic (exact) mass is 467 g/mol. The molecule has 6 nitrogen and oxygen atoms in total. The van der Waals surface area contributed by atoms with Crippen LogP contribution in [0.3, 0.4) is 0 Å². The summed E-state index contributed by atoms with van der Waals surface area (Å²) in [6, 6.07) is 19.2. The molecule has 1 saturated heterocycles. The number of aryl methyl sites for hydroxylation is 1. The van der Waals surface area contributed by atoms with Crippen LogP contribution in [0.2, 0.25) is 5.02 Å². The molecule has 1 aliphatic heterocycles. The Morgan fingerprint density at radius 3 is 2.42 bits per heavy atom. The number of hydrogen-bond acceptors (Lipinski definition) is 5. The third kappa shape index (κ3) is 5.08. The Balaban J connectivity index is 1.73. The number of ether oxygens (including phenoxy) is 1. The van der Waals surface area contributed by atoms with Crippen molar-refractivity contribution in [3.63, 3.8) is 0 Å². The first-order chi connectivity index (χ1) is 16.0. The molecule has 1 N–H and O–H groups in total. The van der Waals surface area contributed by atoms with Crippen molar-refractivity contribution in [3.05, 3.63) is 92.9 Å². The maximum Gasteiger partial charge on any atom is 0.259 e. The number of hydrogen-bond donors (Lipinski definition) is 1. The van der Waals surface area contributed by atoms with Gasteiger partial charge in [-0.05, 0) is 42.8 Å². The van der Waals surface area contributed by atoms with Crippen molar-refractivity contribution in [1.29, 1.82) is 0 Å². The zero-order chi connectivity index (χ0) is 23.4. The van der Waals surface area contributed by atoms with E-state index in [9.17, 15) is 9.90 Å². The molecule has 0 saturated carbocycles. The lowest BCUT2D eigenvalue weighted by Crippen LogP contribution is -2.49. The number of aromatic nitrogens is 1. The highest BCUT2D eigenvalue weighted by atomic mass is 35.5. The van der Waals surface area contributed by atoms with E-state index in [2.05, 4.69) is 21.9 Å². The third-order valence-corrected chi connectivity index (χ3v) is 6.52. The standard InChI is InChI=1S/C26H30ClN3O3/c1-19-17-23(31)24(26(32)30(19)15-16-33-2)25(20-7-6-8-21(27)18-20)29-13-11-28(12-14-29)22-9-4-3-5-10-22/h3-10,17-18,25,31H,11-16H2,1-2H3/t25-/m1/s1. The number of methoxy groups -OCH3 is 1. The highest BCUT2D eigenvalue weighted by molar-refractivity contribution is 6.30. The molecule has 2 heterocycles. The molecule has 1 fully saturated rings. The SMILES string of the molecule is COCCn1c(C)cc(O)c([C@@H](c2cccc(Cl)c2)N2CCN(c3ccccc3)CC2)c1=O. The van der Waals surface area contributed by atoms with Gasteiger partial charge in [-0.15, -0.1) is 0 Å². The lowest BCUT2D eigenvalue weighted by atomic mass is 9.96. The first-order valence-corrected chi connectivity index (χ1v) is 11.6. The van der Waals surface area contributed by atoms with Crippen molar-refractivity contribution in [1.82, 2.24) is 9.47 Å². The largest absolute Gasteiger partial charge is 0.507 e. The van der Waals surface area contributed by atoms with E-state index in [1.54, 1.807) is 17.7 Å². The average molecular weight is 468 g/mol. The lowest BCUT2D eigenvalue weighted by molar-refractivity contribution is 0.183. The number of anilines is 1. The van der Waals surface area contributed by atoms with Gasteiger partial charge in [-0.25, -0.2) is 0 Å². The molecule has 1 aliphatic rings. The van der Waals surface area contributed by atoms with Crippen molar-refractivity contribution in [2.24, 2.45) is 0 Å². The van der Waals surface area contributed by atoms with E-state index in [0.717, 1.165) is 31.7 Å². The van der Waals surface area contributed by atoms with Crippen LogP contribution in [0.4, 0.5) is 5.69 Å². The van der Waals surface area contributed by atoms with Gasteiger partial charge < -0.3 is 19.3 Å². The van der Waals surface area contributed by atoms with Crippen molar-refractivity contribution in [2.45, 2.75) is 19.5 Å². The number of piperazine rings is 1. The molecule has 33 heavy (non-hydrogen) atoms. The second kappa shape index (κ2) is 10.4. The molecule has 0 radical (unpaired) electrons. The van der Waals surface area contributed by atoms with Gasteiger partial charge in [0.15, 0.2) is 0 Å². The Hall–Kier alpha value is -2.80. The maximum absolute atomic E-state index is 13.6. The zero-order valence-electron chi connectivity index (χ0n) is 19.1. The molecule has 0 amide bonds. The van der Waals surface area contributed by atoms with Crippen LogP contribution in [0.1, 0.15) is 22.9 Å². The van der Waals surface area contributed by atoms with Gasteiger partial charge in [0.1, 0.15) is 5.75 Å². The summed E-state index contributed by atoms with van der Waals surface area (Å²) < 4.78 is 6.88. The third-order valence-electron chi connectivity index (χ3n) is 6.28. The van der Waals surface area contributed by atoms with Crippen LogP contribution in [0.5, 0.6) is 5.75 Å². The number of nitrogens with zero attached hydrogens (tertiary/aromatic N) is 3. The fraction of sp³-hybridized carbons (Fsp3) is 0.346. The van der Waals surface area contributed by atoms with Gasteiger partial charge in [-0.2, -0.15) is 0 Å². The summed E-state index contributed by atoms with van der Waals surface area (Å²) in [6.45, 7) is 5.82. The van der Waals surface area contributed by atoms with Crippen LogP contribution >= 0.6 is 11.6 Å². The van der Waals surface area contributed by atoms with E-state index in [-0.39, 0.29) is 11.3 Å². The van der Waals surface area contributed by atoms with E-state index in [0.29, 0.717) is 29.4 Å². The van der Waals surface area contributed by atoms with Crippen molar-refractivity contribution < 1.29 is 9.84 Å². The number of rotatable bonds is 7. The van der Waals surface area contributed by atoms with E-state index in [1.807, 2.05) is 49.4 Å². The van der Waals surface area contributed by atoms with E-state index >= 15 is 0 Å². The molecule has 1 aromatic heterocycles. The van der Waals surface area contributed by atoms with Crippen LogP contribution in [-0.2, 0) is 11.3 Å². The molecular formula is C26H30ClN3O3. The van der Waals surface area contributed by atoms with Gasteiger partial charge in [0.25, 0.3) is 5.56 Å². The van der Waals surface area contributed by atoms with Gasteiger partial charge >= 0.3 is 0 Å². The highest BCUT2D eigenvalue weighted by Crippen LogP contribution is 2.34. The topological polar surface area (TPSA) is 57.9 Å². The minimum absolute atomic E-state index is 0.0154. The van der Waals surface area contributed by atoms with Gasteiger partial charge in [0.2, 0.25) is 0 Å². The van der Waals surface area contributed by atoms with Crippen molar-refractivity contribution in [3.8, 4) is 5.75 Å². The van der Waals surface area contributed by atoms with Gasteiger partial charge in [0.05, 0.1) is 18.2 Å². The molecule has 0 bridgehead atoms. The fourth-order valence-electron chi connectivity index (χ4n) is 4.60. The molecule has 0 aliphatic carbocycles.